The molecule has 2 rings (SSSR count). The van der Waals surface area contributed by atoms with Crippen LogP contribution in [0.2, 0.25) is 0 Å². The Balaban J connectivity index is 1.99. The molecule has 0 aliphatic rings. The Labute approximate surface area is 179 Å². The van der Waals surface area contributed by atoms with Crippen LogP contribution < -0.4 is 10.0 Å². The van der Waals surface area contributed by atoms with Crippen molar-refractivity contribution >= 4 is 43.5 Å². The second-order valence-corrected chi connectivity index (χ2v) is 9.45. The smallest absolute Gasteiger partial charge is 0.324 e. The van der Waals surface area contributed by atoms with E-state index in [0.29, 0.717) is 5.69 Å². The number of hydrogen-bond acceptors (Lipinski definition) is 5. The molecule has 0 heterocycles. The Hall–Kier alpha value is -2.23. The van der Waals surface area contributed by atoms with E-state index in [1.807, 2.05) is 19.1 Å². The van der Waals surface area contributed by atoms with Gasteiger partial charge in [-0.05, 0) is 49.2 Å². The predicted octanol–water partition coefficient (Wildman–Crippen LogP) is 3.24. The van der Waals surface area contributed by atoms with Crippen LogP contribution in [0.1, 0.15) is 19.4 Å². The Morgan fingerprint density at radius 2 is 1.62 bits per heavy atom. The third-order valence-corrected chi connectivity index (χ3v) is 5.99. The number of sulfonamides is 1. The van der Waals surface area contributed by atoms with Gasteiger partial charge in [0.25, 0.3) is 5.91 Å². The van der Waals surface area contributed by atoms with E-state index < -0.39 is 34.5 Å². The molecule has 0 fully saturated rings. The van der Waals surface area contributed by atoms with Crippen LogP contribution in [0.4, 0.5) is 5.69 Å². The van der Waals surface area contributed by atoms with Crippen molar-refractivity contribution in [3.05, 3.63) is 58.6 Å². The normalized spacial score (nSPS) is 12.4. The largest absolute Gasteiger partial charge is 0.454 e. The Kier molecular flexibility index (Phi) is 7.95. The number of halogens is 1. The van der Waals surface area contributed by atoms with Gasteiger partial charge in [-0.3, -0.25) is 9.59 Å². The van der Waals surface area contributed by atoms with Crippen molar-refractivity contribution in [2.75, 3.05) is 11.9 Å². The van der Waals surface area contributed by atoms with Crippen LogP contribution in [0.15, 0.2) is 57.9 Å². The minimum atomic E-state index is -3.93. The first-order chi connectivity index (χ1) is 13.6. The number of esters is 1. The summed E-state index contributed by atoms with van der Waals surface area (Å²) in [6.45, 7) is 4.77. The van der Waals surface area contributed by atoms with E-state index in [-0.39, 0.29) is 10.8 Å². The van der Waals surface area contributed by atoms with Gasteiger partial charge < -0.3 is 10.1 Å². The van der Waals surface area contributed by atoms with Gasteiger partial charge in [0.15, 0.2) is 6.61 Å². The van der Waals surface area contributed by atoms with Crippen LogP contribution in [0.5, 0.6) is 0 Å². The van der Waals surface area contributed by atoms with E-state index in [4.69, 9.17) is 4.74 Å². The van der Waals surface area contributed by atoms with E-state index >= 15 is 0 Å². The zero-order valence-electron chi connectivity index (χ0n) is 16.3. The molecule has 0 saturated heterocycles. The molecule has 0 aliphatic heterocycles. The summed E-state index contributed by atoms with van der Waals surface area (Å²) in [6.07, 6.45) is 0. The van der Waals surface area contributed by atoms with E-state index in [1.165, 1.54) is 12.1 Å². The molecule has 1 atom stereocenters. The van der Waals surface area contributed by atoms with Gasteiger partial charge in [-0.25, -0.2) is 8.42 Å². The van der Waals surface area contributed by atoms with Crippen LogP contribution in [-0.4, -0.2) is 32.9 Å². The van der Waals surface area contributed by atoms with Gasteiger partial charge in [0.05, 0.1) is 4.90 Å². The second kappa shape index (κ2) is 10.00. The van der Waals surface area contributed by atoms with E-state index in [1.54, 1.807) is 38.1 Å². The van der Waals surface area contributed by atoms with Crippen molar-refractivity contribution in [1.82, 2.24) is 4.72 Å². The van der Waals surface area contributed by atoms with E-state index in [2.05, 4.69) is 26.0 Å². The van der Waals surface area contributed by atoms with Gasteiger partial charge in [0.2, 0.25) is 10.0 Å². The molecule has 2 N–H and O–H groups in total. The number of rotatable bonds is 8. The SMILES string of the molecule is Cc1ccc(NC(=O)COC(=O)[C@@H](NS(=O)(=O)c2ccc(Br)cc2)C(C)C)cc1. The fourth-order valence-electron chi connectivity index (χ4n) is 2.37. The number of carbonyl (C=O) groups is 2. The van der Waals surface area contributed by atoms with Gasteiger partial charge >= 0.3 is 5.97 Å². The molecule has 29 heavy (non-hydrogen) atoms. The lowest BCUT2D eigenvalue weighted by Crippen LogP contribution is -2.45. The lowest BCUT2D eigenvalue weighted by molar-refractivity contribution is -0.150. The summed E-state index contributed by atoms with van der Waals surface area (Å²) in [7, 11) is -3.93. The predicted molar refractivity (Wildman–Crippen MR) is 114 cm³/mol. The van der Waals surface area contributed by atoms with Crippen LogP contribution in [0.25, 0.3) is 0 Å². The maximum atomic E-state index is 12.6. The highest BCUT2D eigenvalue weighted by molar-refractivity contribution is 9.10. The van der Waals surface area contributed by atoms with Gasteiger partial charge in [-0.2, -0.15) is 4.72 Å². The highest BCUT2D eigenvalue weighted by Gasteiger charge is 2.30. The van der Waals surface area contributed by atoms with Gasteiger partial charge in [-0.15, -0.1) is 0 Å². The molecule has 0 spiro atoms. The third-order valence-electron chi connectivity index (χ3n) is 4.01. The quantitative estimate of drug-likeness (QED) is 0.562. The highest BCUT2D eigenvalue weighted by atomic mass is 79.9. The summed E-state index contributed by atoms with van der Waals surface area (Å²) in [5.74, 6) is -1.71. The first-order valence-corrected chi connectivity index (χ1v) is 11.2. The summed E-state index contributed by atoms with van der Waals surface area (Å²) >= 11 is 3.24. The van der Waals surface area contributed by atoms with Crippen molar-refractivity contribution < 1.29 is 22.7 Å². The molecular weight excluding hydrogens is 460 g/mol. The van der Waals surface area contributed by atoms with Gasteiger partial charge in [0, 0.05) is 10.2 Å². The maximum Gasteiger partial charge on any atom is 0.324 e. The molecule has 2 aromatic rings. The number of anilines is 1. The zero-order valence-corrected chi connectivity index (χ0v) is 18.7. The average molecular weight is 483 g/mol. The fourth-order valence-corrected chi connectivity index (χ4v) is 3.96. The third kappa shape index (κ3) is 6.95. The molecule has 0 unspecified atom stereocenters. The lowest BCUT2D eigenvalue weighted by atomic mass is 10.1. The molecule has 0 saturated carbocycles. The van der Waals surface area contributed by atoms with Crippen LogP contribution in [0, 0.1) is 12.8 Å². The van der Waals surface area contributed by atoms with Crippen LogP contribution in [0.3, 0.4) is 0 Å². The lowest BCUT2D eigenvalue weighted by Gasteiger charge is -2.20. The Morgan fingerprint density at radius 1 is 1.03 bits per heavy atom. The summed E-state index contributed by atoms with van der Waals surface area (Å²) in [5.41, 5.74) is 1.63. The van der Waals surface area contributed by atoms with Crippen molar-refractivity contribution in [2.24, 2.45) is 5.92 Å². The molecule has 7 nitrogen and oxygen atoms in total. The Morgan fingerprint density at radius 3 is 2.17 bits per heavy atom. The monoisotopic (exact) mass is 482 g/mol. The van der Waals surface area contributed by atoms with Crippen molar-refractivity contribution in [3.63, 3.8) is 0 Å². The summed E-state index contributed by atoms with van der Waals surface area (Å²) in [4.78, 5) is 24.4. The molecule has 0 bridgehead atoms. The standard InChI is InChI=1S/C20H23BrN2O5S/c1-13(2)19(23-29(26,27)17-10-6-15(21)7-11-17)20(25)28-12-18(24)22-16-8-4-14(3)5-9-16/h4-11,13,19,23H,12H2,1-3H3,(H,22,24)/t19-/m0/s1. The van der Waals surface area contributed by atoms with E-state index in [9.17, 15) is 18.0 Å². The number of amides is 1. The summed E-state index contributed by atoms with van der Waals surface area (Å²) in [5, 5.41) is 2.61. The summed E-state index contributed by atoms with van der Waals surface area (Å²) in [6, 6.07) is 12.0. The summed E-state index contributed by atoms with van der Waals surface area (Å²) < 4.78 is 33.2. The molecule has 9 heteroatoms. The maximum absolute atomic E-state index is 12.6. The molecule has 0 radical (unpaired) electrons. The van der Waals surface area contributed by atoms with Crippen LogP contribution >= 0.6 is 15.9 Å². The Bertz CT molecular complexity index is 957. The molecule has 0 aromatic heterocycles. The van der Waals surface area contributed by atoms with Crippen molar-refractivity contribution in [3.8, 4) is 0 Å². The molecule has 156 valence electrons. The number of nitrogens with one attached hydrogen (secondary N) is 2. The number of carbonyl (C=O) groups excluding carboxylic acids is 2. The number of benzene rings is 2. The number of ether oxygens (including phenoxy) is 1. The highest BCUT2D eigenvalue weighted by Crippen LogP contribution is 2.16. The minimum absolute atomic E-state index is 0.0243. The van der Waals surface area contributed by atoms with E-state index in [0.717, 1.165) is 10.0 Å². The van der Waals surface area contributed by atoms with Crippen LogP contribution in [-0.2, 0) is 24.3 Å². The van der Waals surface area contributed by atoms with Gasteiger partial charge in [-0.1, -0.05) is 47.5 Å². The molecule has 1 amide bonds. The first kappa shape index (κ1) is 23.1. The van der Waals surface area contributed by atoms with Crippen molar-refractivity contribution in [1.29, 1.82) is 0 Å². The molecule has 0 aliphatic carbocycles. The minimum Gasteiger partial charge on any atom is -0.454 e. The number of aryl methyl sites for hydroxylation is 1. The average Bonchev–Trinajstić information content (AvgIpc) is 2.66. The van der Waals surface area contributed by atoms with Gasteiger partial charge in [0.1, 0.15) is 6.04 Å². The molecular formula is C20H23BrN2O5S. The first-order valence-electron chi connectivity index (χ1n) is 8.89. The zero-order chi connectivity index (χ0) is 21.6. The fraction of sp³-hybridized carbons (Fsp3) is 0.300. The second-order valence-electron chi connectivity index (χ2n) is 6.82. The van der Waals surface area contributed by atoms with Crippen molar-refractivity contribution in [2.45, 2.75) is 31.7 Å². The topological polar surface area (TPSA) is 102 Å². The molecule has 2 aromatic carbocycles. The number of hydrogen-bond donors (Lipinski definition) is 2.